The Hall–Kier alpha value is -3.77. The number of alkyl halides is 3. The molecule has 4 rings (SSSR count). The minimum atomic E-state index is -4.92. The molecule has 0 bridgehead atoms. The fraction of sp³-hybridized carbons (Fsp3) is 0.321. The van der Waals surface area contributed by atoms with Crippen molar-refractivity contribution in [3.63, 3.8) is 0 Å². The Morgan fingerprint density at radius 2 is 1.57 bits per heavy atom. The summed E-state index contributed by atoms with van der Waals surface area (Å²) in [7, 11) is -0.777. The number of amides is 1. The topological polar surface area (TPSA) is 79.4 Å². The van der Waals surface area contributed by atoms with Crippen LogP contribution in [0.2, 0.25) is 0 Å². The Morgan fingerprint density at radius 1 is 0.925 bits per heavy atom. The second-order valence-electron chi connectivity index (χ2n) is 9.22. The number of rotatable bonds is 9. The van der Waals surface area contributed by atoms with E-state index in [0.717, 1.165) is 11.6 Å². The lowest BCUT2D eigenvalue weighted by Crippen LogP contribution is -2.49. The predicted molar refractivity (Wildman–Crippen MR) is 144 cm³/mol. The molecule has 0 unspecified atom stereocenters. The highest BCUT2D eigenvalue weighted by atomic mass is 32.2. The summed E-state index contributed by atoms with van der Waals surface area (Å²) >= 11 is 0. The van der Waals surface area contributed by atoms with Crippen LogP contribution in [-0.4, -0.2) is 76.8 Å². The maximum absolute atomic E-state index is 13.3. The van der Waals surface area contributed by atoms with Crippen LogP contribution in [0.1, 0.15) is 15.9 Å². The molecule has 0 saturated carbocycles. The number of nitrogens with zero attached hydrogens (tertiary/aromatic N) is 3. The molecule has 0 N–H and O–H groups in total. The van der Waals surface area contributed by atoms with E-state index >= 15 is 0 Å². The number of para-hydroxylation sites is 1. The molecule has 0 spiro atoms. The molecule has 0 aliphatic carbocycles. The van der Waals surface area contributed by atoms with Crippen molar-refractivity contribution < 1.29 is 35.9 Å². The van der Waals surface area contributed by atoms with Crippen LogP contribution in [0.4, 0.5) is 18.9 Å². The average molecular weight is 578 g/mol. The molecule has 0 atom stereocenters. The van der Waals surface area contributed by atoms with E-state index in [1.54, 1.807) is 12.1 Å². The molecule has 1 fully saturated rings. The maximum atomic E-state index is 13.3. The van der Waals surface area contributed by atoms with Crippen molar-refractivity contribution >= 4 is 21.6 Å². The van der Waals surface area contributed by atoms with Crippen LogP contribution >= 0.6 is 0 Å². The lowest BCUT2D eigenvalue weighted by molar-refractivity contribution is -0.274. The Morgan fingerprint density at radius 3 is 2.23 bits per heavy atom. The van der Waals surface area contributed by atoms with Crippen molar-refractivity contribution in [3.05, 3.63) is 83.9 Å². The quantitative estimate of drug-likeness (QED) is 0.375. The van der Waals surface area contributed by atoms with Crippen LogP contribution in [0.15, 0.2) is 77.7 Å². The van der Waals surface area contributed by atoms with Crippen molar-refractivity contribution in [2.45, 2.75) is 17.7 Å². The van der Waals surface area contributed by atoms with Crippen LogP contribution in [0.25, 0.3) is 0 Å². The molecule has 0 radical (unpaired) electrons. The fourth-order valence-corrected chi connectivity index (χ4v) is 5.68. The first kappa shape index (κ1) is 29.2. The normalized spacial score (nSPS) is 14.3. The van der Waals surface area contributed by atoms with Crippen molar-refractivity contribution in [2.75, 3.05) is 51.8 Å². The highest BCUT2D eigenvalue weighted by Gasteiger charge is 2.34. The van der Waals surface area contributed by atoms with Crippen LogP contribution in [0.5, 0.6) is 11.5 Å². The van der Waals surface area contributed by atoms with E-state index in [4.69, 9.17) is 4.74 Å². The van der Waals surface area contributed by atoms with Crippen LogP contribution in [0.3, 0.4) is 0 Å². The van der Waals surface area contributed by atoms with E-state index < -0.39 is 28.0 Å². The van der Waals surface area contributed by atoms with Gasteiger partial charge in [-0.2, -0.15) is 0 Å². The van der Waals surface area contributed by atoms with Gasteiger partial charge in [0, 0.05) is 39.8 Å². The molecule has 214 valence electrons. The molecule has 1 aliphatic rings. The number of carbonyl (C=O) groups excluding carboxylic acids is 1. The minimum absolute atomic E-state index is 0.107. The Labute approximate surface area is 231 Å². The maximum Gasteiger partial charge on any atom is 0.573 e. The largest absolute Gasteiger partial charge is 0.573 e. The summed E-state index contributed by atoms with van der Waals surface area (Å²) in [5.41, 5.74) is 1.39. The van der Waals surface area contributed by atoms with Crippen LogP contribution < -0.4 is 14.4 Å². The zero-order valence-electron chi connectivity index (χ0n) is 22.1. The minimum Gasteiger partial charge on any atom is -0.495 e. The molecule has 1 heterocycles. The zero-order chi connectivity index (χ0) is 28.9. The van der Waals surface area contributed by atoms with E-state index in [1.165, 1.54) is 47.6 Å². The summed E-state index contributed by atoms with van der Waals surface area (Å²) in [5, 5.41) is 0. The first-order valence-corrected chi connectivity index (χ1v) is 14.0. The highest BCUT2D eigenvalue weighted by molar-refractivity contribution is 7.89. The van der Waals surface area contributed by atoms with Gasteiger partial charge < -0.3 is 19.3 Å². The molecule has 12 heteroatoms. The van der Waals surface area contributed by atoms with Crippen LogP contribution in [0, 0.1) is 0 Å². The van der Waals surface area contributed by atoms with E-state index in [0.29, 0.717) is 37.5 Å². The predicted octanol–water partition coefficient (Wildman–Crippen LogP) is 4.42. The number of piperazine rings is 1. The molecule has 8 nitrogen and oxygen atoms in total. The highest BCUT2D eigenvalue weighted by Crippen LogP contribution is 2.33. The zero-order valence-corrected chi connectivity index (χ0v) is 22.9. The van der Waals surface area contributed by atoms with Crippen molar-refractivity contribution in [1.82, 2.24) is 9.21 Å². The Bertz CT molecular complexity index is 1430. The van der Waals surface area contributed by atoms with Crippen molar-refractivity contribution in [1.29, 1.82) is 0 Å². The van der Waals surface area contributed by atoms with Gasteiger partial charge >= 0.3 is 6.36 Å². The summed E-state index contributed by atoms with van der Waals surface area (Å²) in [6.45, 7) is 1.34. The number of hydrogen-bond donors (Lipinski definition) is 0. The van der Waals surface area contributed by atoms with Gasteiger partial charge in [-0.15, -0.1) is 13.2 Å². The molecular formula is C28H30F3N3O5S. The first-order valence-electron chi connectivity index (χ1n) is 12.6. The van der Waals surface area contributed by atoms with Crippen molar-refractivity contribution in [3.8, 4) is 11.5 Å². The van der Waals surface area contributed by atoms with Gasteiger partial charge in [-0.1, -0.05) is 42.5 Å². The molecule has 1 aliphatic heterocycles. The van der Waals surface area contributed by atoms with Gasteiger partial charge in [0.25, 0.3) is 5.91 Å². The number of hydrogen-bond acceptors (Lipinski definition) is 6. The van der Waals surface area contributed by atoms with Gasteiger partial charge in [-0.3, -0.25) is 4.79 Å². The third-order valence-corrected chi connectivity index (χ3v) is 8.52. The van der Waals surface area contributed by atoms with Gasteiger partial charge in [-0.25, -0.2) is 12.7 Å². The molecule has 1 saturated heterocycles. The standard InChI is InChI=1S/C28H30F3N3O5S/c1-32(15-14-21-8-4-3-5-9-21)40(36,37)22-12-13-26(38-2)24(20-22)33-16-18-34(19-17-33)27(35)23-10-6-7-11-25(23)39-28(29,30)31/h3-13,20H,14-19H2,1-2H3. The first-order chi connectivity index (χ1) is 19.0. The summed E-state index contributed by atoms with van der Waals surface area (Å²) < 4.78 is 75.9. The van der Waals surface area contributed by atoms with Gasteiger partial charge in [0.1, 0.15) is 11.5 Å². The Balaban J connectivity index is 1.47. The lowest BCUT2D eigenvalue weighted by Gasteiger charge is -2.37. The summed E-state index contributed by atoms with van der Waals surface area (Å²) in [6, 6.07) is 19.5. The van der Waals surface area contributed by atoms with Gasteiger partial charge in [-0.05, 0) is 42.3 Å². The molecule has 40 heavy (non-hydrogen) atoms. The summed E-state index contributed by atoms with van der Waals surface area (Å²) in [6.07, 6.45) is -4.36. The third kappa shape index (κ3) is 6.86. The molecular weight excluding hydrogens is 547 g/mol. The van der Waals surface area contributed by atoms with E-state index in [9.17, 15) is 26.4 Å². The molecule has 3 aromatic rings. The number of anilines is 1. The number of methoxy groups -OCH3 is 1. The number of sulfonamides is 1. The Kier molecular flexibility index (Phi) is 8.89. The van der Waals surface area contributed by atoms with E-state index in [2.05, 4.69) is 4.74 Å². The molecule has 0 aromatic heterocycles. The number of carbonyl (C=O) groups is 1. The van der Waals surface area contributed by atoms with E-state index in [1.807, 2.05) is 35.2 Å². The average Bonchev–Trinajstić information content (AvgIpc) is 2.95. The fourth-order valence-electron chi connectivity index (χ4n) is 4.49. The lowest BCUT2D eigenvalue weighted by atomic mass is 10.1. The third-order valence-electron chi connectivity index (χ3n) is 6.67. The number of ether oxygens (including phenoxy) is 2. The van der Waals surface area contributed by atoms with Crippen molar-refractivity contribution in [2.24, 2.45) is 0 Å². The van der Waals surface area contributed by atoms with Gasteiger partial charge in [0.15, 0.2) is 0 Å². The molecule has 1 amide bonds. The second-order valence-corrected chi connectivity index (χ2v) is 11.3. The number of likely N-dealkylation sites (N-methyl/N-ethyl adjacent to an activating group) is 1. The summed E-state index contributed by atoms with van der Waals surface area (Å²) in [5.74, 6) is -0.671. The van der Waals surface area contributed by atoms with Gasteiger partial charge in [0.2, 0.25) is 10.0 Å². The van der Waals surface area contributed by atoms with E-state index in [-0.39, 0.29) is 23.5 Å². The second kappa shape index (κ2) is 12.2. The number of benzene rings is 3. The summed E-state index contributed by atoms with van der Waals surface area (Å²) in [4.78, 5) is 16.5. The van der Waals surface area contributed by atoms with Gasteiger partial charge in [0.05, 0.1) is 23.3 Å². The SMILES string of the molecule is COc1ccc(S(=O)(=O)N(C)CCc2ccccc2)cc1N1CCN(C(=O)c2ccccc2OC(F)(F)F)CC1. The molecule has 3 aromatic carbocycles. The van der Waals surface area contributed by atoms with Crippen LogP contribution in [-0.2, 0) is 16.4 Å². The number of halogens is 3. The smallest absolute Gasteiger partial charge is 0.495 e. The monoisotopic (exact) mass is 577 g/mol.